The van der Waals surface area contributed by atoms with Crippen LogP contribution in [-0.4, -0.2) is 71.6 Å². The minimum absolute atomic E-state index is 0.249. The number of nitrogens with one attached hydrogen (secondary N) is 1. The minimum atomic E-state index is -4.02. The van der Waals surface area contributed by atoms with Crippen LogP contribution in [0.25, 0.3) is 0 Å². The van der Waals surface area contributed by atoms with Gasteiger partial charge in [-0.25, -0.2) is 0 Å². The second-order valence-corrected chi connectivity index (χ2v) is 5.43. The zero-order valence-corrected chi connectivity index (χ0v) is 9.97. The molecule has 8 heteroatoms. The lowest BCUT2D eigenvalue weighted by molar-refractivity contribution is -0.118. The highest BCUT2D eigenvalue weighted by atomic mass is 31.2. The molecular formula is C8H18N3O4P. The average Bonchev–Trinajstić information content (AvgIpc) is 2.28. The highest BCUT2D eigenvalue weighted by molar-refractivity contribution is 7.51. The van der Waals surface area contributed by atoms with E-state index in [0.29, 0.717) is 39.3 Å². The van der Waals surface area contributed by atoms with Gasteiger partial charge in [0.05, 0.1) is 0 Å². The van der Waals surface area contributed by atoms with Gasteiger partial charge in [0.25, 0.3) is 0 Å². The summed E-state index contributed by atoms with van der Waals surface area (Å²) in [7, 11) is -4.02. The van der Waals surface area contributed by atoms with Crippen LogP contribution in [0.5, 0.6) is 0 Å². The topological polar surface area (TPSA) is 93.1 Å². The summed E-state index contributed by atoms with van der Waals surface area (Å²) in [4.78, 5) is 31.7. The molecule has 1 rings (SSSR count). The van der Waals surface area contributed by atoms with Crippen molar-refractivity contribution in [1.29, 1.82) is 0 Å². The third-order valence-electron chi connectivity index (χ3n) is 2.42. The molecule has 0 aromatic heterocycles. The Morgan fingerprint density at radius 1 is 1.19 bits per heavy atom. The number of hydrogen-bond acceptors (Lipinski definition) is 4. The first-order chi connectivity index (χ1) is 7.51. The van der Waals surface area contributed by atoms with Crippen LogP contribution in [0, 0.1) is 0 Å². The maximum Gasteiger partial charge on any atom is 0.339 e. The van der Waals surface area contributed by atoms with E-state index in [4.69, 9.17) is 9.79 Å². The van der Waals surface area contributed by atoms with Crippen LogP contribution in [0.1, 0.15) is 0 Å². The second kappa shape index (κ2) is 6.32. The van der Waals surface area contributed by atoms with Crippen LogP contribution < -0.4 is 5.32 Å². The Balaban J connectivity index is 2.49. The van der Waals surface area contributed by atoms with Crippen molar-refractivity contribution in [3.63, 3.8) is 0 Å². The highest BCUT2D eigenvalue weighted by Gasteiger charge is 2.20. The predicted octanol–water partition coefficient (Wildman–Crippen LogP) is -1.51. The number of carbonyl (C=O) groups excluding carboxylic acids is 1. The Morgan fingerprint density at radius 2 is 1.88 bits per heavy atom. The smallest absolute Gasteiger partial charge is 0.339 e. The molecule has 0 aromatic rings. The molecule has 94 valence electrons. The summed E-state index contributed by atoms with van der Waals surface area (Å²) < 4.78 is 10.9. The average molecular weight is 251 g/mol. The molecule has 0 aliphatic carbocycles. The van der Waals surface area contributed by atoms with Crippen LogP contribution in [0.2, 0.25) is 0 Å². The van der Waals surface area contributed by atoms with Crippen LogP contribution >= 0.6 is 7.60 Å². The summed E-state index contributed by atoms with van der Waals surface area (Å²) in [6, 6.07) is 0. The molecular weight excluding hydrogens is 233 g/mol. The summed E-state index contributed by atoms with van der Waals surface area (Å²) in [6.45, 7) is 3.59. The first kappa shape index (κ1) is 13.6. The van der Waals surface area contributed by atoms with Gasteiger partial charge in [-0.15, -0.1) is 0 Å². The summed E-state index contributed by atoms with van der Waals surface area (Å²) in [6.07, 6.45) is 0.518. The Kier molecular flexibility index (Phi) is 5.37. The van der Waals surface area contributed by atoms with Crippen LogP contribution in [-0.2, 0) is 9.36 Å². The fourth-order valence-corrected chi connectivity index (χ4v) is 2.39. The molecule has 0 bridgehead atoms. The van der Waals surface area contributed by atoms with E-state index in [9.17, 15) is 9.36 Å². The van der Waals surface area contributed by atoms with Gasteiger partial charge in [-0.2, -0.15) is 0 Å². The van der Waals surface area contributed by atoms with Gasteiger partial charge in [-0.05, 0) is 0 Å². The molecule has 1 saturated heterocycles. The number of nitrogens with zero attached hydrogens (tertiary/aromatic N) is 2. The van der Waals surface area contributed by atoms with Crippen molar-refractivity contribution in [3.05, 3.63) is 0 Å². The quantitative estimate of drug-likeness (QED) is 0.417. The van der Waals surface area contributed by atoms with Crippen molar-refractivity contribution < 1.29 is 19.1 Å². The van der Waals surface area contributed by atoms with Crippen molar-refractivity contribution in [2.24, 2.45) is 0 Å². The molecule has 0 unspecified atom stereocenters. The number of hydrogen-bond donors (Lipinski definition) is 3. The third kappa shape index (κ3) is 5.58. The minimum Gasteiger partial charge on any atom is -0.343 e. The third-order valence-corrected chi connectivity index (χ3v) is 3.19. The Bertz CT molecular complexity index is 270. The van der Waals surface area contributed by atoms with Gasteiger partial charge >= 0.3 is 7.60 Å². The first-order valence-corrected chi connectivity index (χ1v) is 6.98. The molecule has 1 amide bonds. The van der Waals surface area contributed by atoms with Crippen molar-refractivity contribution in [2.45, 2.75) is 0 Å². The van der Waals surface area contributed by atoms with Gasteiger partial charge < -0.3 is 20.0 Å². The molecule has 3 N–H and O–H groups in total. The van der Waals surface area contributed by atoms with E-state index < -0.39 is 7.60 Å². The van der Waals surface area contributed by atoms with Gasteiger partial charge in [0, 0.05) is 39.3 Å². The van der Waals surface area contributed by atoms with Crippen LogP contribution in [0.15, 0.2) is 0 Å². The van der Waals surface area contributed by atoms with Crippen LogP contribution in [0.3, 0.4) is 0 Å². The van der Waals surface area contributed by atoms with Gasteiger partial charge in [0.2, 0.25) is 6.41 Å². The zero-order valence-electron chi connectivity index (χ0n) is 9.08. The van der Waals surface area contributed by atoms with E-state index in [1.54, 1.807) is 9.80 Å². The molecule has 0 atom stereocenters. The molecule has 1 fully saturated rings. The van der Waals surface area contributed by atoms with Crippen LogP contribution in [0.4, 0.5) is 0 Å². The molecule has 0 aromatic carbocycles. The zero-order chi connectivity index (χ0) is 12.0. The highest BCUT2D eigenvalue weighted by Crippen LogP contribution is 2.34. The van der Waals surface area contributed by atoms with Crippen molar-refractivity contribution in [2.75, 3.05) is 45.6 Å². The first-order valence-electron chi connectivity index (χ1n) is 5.18. The number of amides is 1. The van der Waals surface area contributed by atoms with E-state index in [2.05, 4.69) is 5.32 Å². The summed E-state index contributed by atoms with van der Waals surface area (Å²) >= 11 is 0. The Morgan fingerprint density at radius 3 is 2.50 bits per heavy atom. The molecule has 16 heavy (non-hydrogen) atoms. The predicted molar refractivity (Wildman–Crippen MR) is 59.0 cm³/mol. The lowest BCUT2D eigenvalue weighted by Gasteiger charge is -2.23. The van der Waals surface area contributed by atoms with Crippen molar-refractivity contribution in [3.8, 4) is 0 Å². The van der Waals surface area contributed by atoms with Crippen molar-refractivity contribution >= 4 is 14.0 Å². The number of rotatable bonds is 3. The lowest BCUT2D eigenvalue weighted by Crippen LogP contribution is -2.35. The second-order valence-electron chi connectivity index (χ2n) is 3.82. The van der Waals surface area contributed by atoms with Gasteiger partial charge in [0.1, 0.15) is 6.29 Å². The largest absolute Gasteiger partial charge is 0.343 e. The molecule has 0 spiro atoms. The van der Waals surface area contributed by atoms with E-state index in [1.807, 2.05) is 0 Å². The standard InChI is InChI=1S/C8H18N3O4P/c12-7-10-3-1-9-2-4-11(6-5-10)8-16(13,14)15/h7,9H,1-6,8H2,(H2,13,14,15). The van der Waals surface area contributed by atoms with Gasteiger partial charge in [-0.3, -0.25) is 14.3 Å². The van der Waals surface area contributed by atoms with Gasteiger partial charge in [-0.1, -0.05) is 0 Å². The maximum absolute atomic E-state index is 10.9. The van der Waals surface area contributed by atoms with E-state index in [1.165, 1.54) is 0 Å². The molecule has 1 aliphatic rings. The van der Waals surface area contributed by atoms with Gasteiger partial charge in [0.15, 0.2) is 0 Å². The maximum atomic E-state index is 10.9. The molecule has 1 aliphatic heterocycles. The molecule has 1 heterocycles. The summed E-state index contributed by atoms with van der Waals surface area (Å²) in [5, 5.41) is 3.11. The Labute approximate surface area is 94.6 Å². The van der Waals surface area contributed by atoms with Crippen molar-refractivity contribution in [1.82, 2.24) is 15.1 Å². The van der Waals surface area contributed by atoms with E-state index in [-0.39, 0.29) is 6.29 Å². The molecule has 0 radical (unpaired) electrons. The fourth-order valence-electron chi connectivity index (χ4n) is 1.59. The van der Waals surface area contributed by atoms with E-state index in [0.717, 1.165) is 6.41 Å². The number of carbonyl (C=O) groups is 1. The van der Waals surface area contributed by atoms with E-state index >= 15 is 0 Å². The molecule has 0 saturated carbocycles. The monoisotopic (exact) mass is 251 g/mol. The SMILES string of the molecule is O=CN1CCNCCN(CP(=O)(O)O)CC1. The summed E-state index contributed by atoms with van der Waals surface area (Å²) in [5.74, 6) is 0. The lowest BCUT2D eigenvalue weighted by atomic mass is 10.5. The fraction of sp³-hybridized carbons (Fsp3) is 0.875. The Hall–Kier alpha value is -0.460. The summed E-state index contributed by atoms with van der Waals surface area (Å²) in [5.41, 5.74) is 0. The molecule has 7 nitrogen and oxygen atoms in total. The normalized spacial score (nSPS) is 21.0.